The fraction of sp³-hybridized carbons (Fsp3) is 1.00. The third-order valence-corrected chi connectivity index (χ3v) is 9.18. The van der Waals surface area contributed by atoms with Crippen LogP contribution >= 0.6 is 0 Å². The first kappa shape index (κ1) is 50.7. The Labute approximate surface area is 307 Å². The monoisotopic (exact) mass is 702 g/mol. The van der Waals surface area contributed by atoms with Gasteiger partial charge < -0.3 is 47.4 Å². The van der Waals surface area contributed by atoms with Gasteiger partial charge in [-0.2, -0.15) is 0 Å². The Morgan fingerprint density at radius 3 is 1.49 bits per heavy atom. The van der Waals surface area contributed by atoms with E-state index in [0.29, 0.717) is 6.04 Å². The van der Waals surface area contributed by atoms with Crippen molar-refractivity contribution in [2.24, 2.45) is 5.73 Å². The lowest BCUT2D eigenvalue weighted by Crippen LogP contribution is -2.59. The van der Waals surface area contributed by atoms with Crippen molar-refractivity contribution >= 4 is 0 Å². The van der Waals surface area contributed by atoms with E-state index in [-0.39, 0.29) is 0 Å². The maximum atomic E-state index is 5.51. The molecule has 0 aromatic rings. The SMILES string of the molecule is CCCN(C(C)C)C1CNC1.CCCN(C)C1CNC1.CCCN(CC)CCNC.CCCN(CCN)C1CNC1.CCCNCCNC. The summed E-state index contributed by atoms with van der Waals surface area (Å²) in [5.41, 5.74) is 5.51. The van der Waals surface area contributed by atoms with Crippen LogP contribution in [0, 0.1) is 0 Å². The van der Waals surface area contributed by atoms with Crippen LogP contribution in [0.3, 0.4) is 0 Å². The van der Waals surface area contributed by atoms with Gasteiger partial charge in [0.05, 0.1) is 0 Å². The predicted octanol–water partition coefficient (Wildman–Crippen LogP) is 2.15. The summed E-state index contributed by atoms with van der Waals surface area (Å²) in [6, 6.07) is 3.11. The molecule has 0 aliphatic carbocycles. The van der Waals surface area contributed by atoms with Crippen molar-refractivity contribution in [3.05, 3.63) is 0 Å². The third-order valence-electron chi connectivity index (χ3n) is 9.18. The van der Waals surface area contributed by atoms with Gasteiger partial charge in [0.15, 0.2) is 0 Å². The molecule has 11 heteroatoms. The van der Waals surface area contributed by atoms with Crippen molar-refractivity contribution in [1.82, 2.24) is 51.5 Å². The minimum absolute atomic E-state index is 0.710. The maximum Gasteiger partial charge on any atom is 0.0348 e. The van der Waals surface area contributed by atoms with E-state index < -0.39 is 0 Å². The molecular formula is C38H91N11. The minimum atomic E-state index is 0.710. The summed E-state index contributed by atoms with van der Waals surface area (Å²) >= 11 is 0. The highest BCUT2D eigenvalue weighted by Gasteiger charge is 2.25. The van der Waals surface area contributed by atoms with Gasteiger partial charge in [-0.15, -0.1) is 0 Å². The summed E-state index contributed by atoms with van der Waals surface area (Å²) in [6.45, 7) is 38.5. The van der Waals surface area contributed by atoms with Gasteiger partial charge >= 0.3 is 0 Å². The second-order valence-electron chi connectivity index (χ2n) is 14.0. The molecule has 0 aromatic carbocycles. The lowest BCUT2D eigenvalue weighted by Gasteiger charge is -2.40. The lowest BCUT2D eigenvalue weighted by molar-refractivity contribution is 0.111. The van der Waals surface area contributed by atoms with Crippen LogP contribution in [0.4, 0.5) is 0 Å². The lowest BCUT2D eigenvalue weighted by atomic mass is 10.1. The zero-order valence-corrected chi connectivity index (χ0v) is 34.9. The Morgan fingerprint density at radius 1 is 0.592 bits per heavy atom. The Morgan fingerprint density at radius 2 is 1.12 bits per heavy atom. The molecule has 8 N–H and O–H groups in total. The van der Waals surface area contributed by atoms with E-state index in [4.69, 9.17) is 5.73 Å². The molecule has 0 spiro atoms. The summed E-state index contributed by atoms with van der Waals surface area (Å²) in [5.74, 6) is 0. The molecule has 3 fully saturated rings. The number of rotatable bonds is 23. The molecule has 0 saturated carbocycles. The maximum absolute atomic E-state index is 5.51. The molecule has 3 aliphatic heterocycles. The standard InChI is InChI=1S/C9H20N2.C8H19N3.C8H20N2.C7H16N2.C6H16N2/c1-4-5-11(8(2)3)9-6-10-7-9;1-2-4-11(5-3-9)8-6-10-7-8;1-4-7-10(5-2)8-6-9-3;1-3-4-9(2)7-5-8-6-7;1-3-4-8-6-5-7-2/h8-10H,4-7H2,1-3H3;8,10H,2-7,9H2,1H3;9H,4-8H2,1-3H3;7-8H,3-6H2,1-2H3;7-8H,3-6H2,1-2H3. The van der Waals surface area contributed by atoms with Gasteiger partial charge in [0.2, 0.25) is 0 Å². The molecule has 49 heavy (non-hydrogen) atoms. The van der Waals surface area contributed by atoms with Crippen molar-refractivity contribution in [3.8, 4) is 0 Å². The van der Waals surface area contributed by atoms with Crippen LogP contribution in [0.2, 0.25) is 0 Å². The van der Waals surface area contributed by atoms with Crippen molar-refractivity contribution < 1.29 is 0 Å². The van der Waals surface area contributed by atoms with Gasteiger partial charge in [0.25, 0.3) is 0 Å². The highest BCUT2D eigenvalue weighted by molar-refractivity contribution is 4.86. The molecule has 0 aromatic heterocycles. The third kappa shape index (κ3) is 27.8. The van der Waals surface area contributed by atoms with E-state index in [1.807, 2.05) is 14.1 Å². The quantitative estimate of drug-likeness (QED) is 0.0797. The Bertz CT molecular complexity index is 619. The average Bonchev–Trinajstić information content (AvgIpc) is 3.00. The number of nitrogens with zero attached hydrogens (tertiary/aromatic N) is 4. The molecule has 0 bridgehead atoms. The first-order chi connectivity index (χ1) is 23.7. The van der Waals surface area contributed by atoms with Gasteiger partial charge in [-0.3, -0.25) is 9.80 Å². The highest BCUT2D eigenvalue weighted by atomic mass is 15.3. The zero-order valence-electron chi connectivity index (χ0n) is 34.9. The van der Waals surface area contributed by atoms with Crippen molar-refractivity contribution in [2.75, 3.05) is 139 Å². The second kappa shape index (κ2) is 37.3. The normalized spacial score (nSPS) is 16.1. The minimum Gasteiger partial charge on any atom is -0.329 e. The molecular weight excluding hydrogens is 610 g/mol. The van der Waals surface area contributed by atoms with Crippen molar-refractivity contribution in [1.29, 1.82) is 0 Å². The van der Waals surface area contributed by atoms with Gasteiger partial charge in [-0.05, 0) is 106 Å². The van der Waals surface area contributed by atoms with E-state index >= 15 is 0 Å². The number of likely N-dealkylation sites (N-methyl/N-ethyl adjacent to an activating group) is 4. The van der Waals surface area contributed by atoms with E-state index in [2.05, 4.69) is 114 Å². The molecule has 0 unspecified atom stereocenters. The predicted molar refractivity (Wildman–Crippen MR) is 219 cm³/mol. The fourth-order valence-corrected chi connectivity index (χ4v) is 5.74. The summed E-state index contributed by atoms with van der Waals surface area (Å²) in [4.78, 5) is 9.96. The van der Waals surface area contributed by atoms with Gasteiger partial charge in [0, 0.05) is 103 Å². The van der Waals surface area contributed by atoms with Gasteiger partial charge in [-0.25, -0.2) is 0 Å². The first-order valence-corrected chi connectivity index (χ1v) is 20.5. The van der Waals surface area contributed by atoms with Crippen LogP contribution in [-0.2, 0) is 0 Å². The van der Waals surface area contributed by atoms with E-state index in [1.54, 1.807) is 0 Å². The second-order valence-corrected chi connectivity index (χ2v) is 14.0. The summed E-state index contributed by atoms with van der Waals surface area (Å²) in [5, 5.41) is 19.3. The van der Waals surface area contributed by atoms with Crippen LogP contribution in [0.1, 0.15) is 87.5 Å². The van der Waals surface area contributed by atoms with E-state index in [1.165, 1.54) is 97.6 Å². The van der Waals surface area contributed by atoms with Crippen molar-refractivity contribution in [3.63, 3.8) is 0 Å². The van der Waals surface area contributed by atoms with Crippen molar-refractivity contribution in [2.45, 2.75) is 112 Å². The largest absolute Gasteiger partial charge is 0.329 e. The summed E-state index contributed by atoms with van der Waals surface area (Å²) in [6.07, 6.45) is 6.26. The first-order valence-electron chi connectivity index (χ1n) is 20.5. The number of nitrogens with one attached hydrogen (secondary N) is 6. The molecule has 298 valence electrons. The van der Waals surface area contributed by atoms with Crippen LogP contribution in [0.5, 0.6) is 0 Å². The smallest absolute Gasteiger partial charge is 0.0348 e. The molecule has 0 amide bonds. The highest BCUT2D eigenvalue weighted by Crippen LogP contribution is 2.10. The van der Waals surface area contributed by atoms with Crippen LogP contribution in [-0.4, -0.2) is 183 Å². The van der Waals surface area contributed by atoms with Crippen LogP contribution in [0.15, 0.2) is 0 Å². The number of nitrogens with two attached hydrogens (primary N) is 1. The van der Waals surface area contributed by atoms with E-state index in [9.17, 15) is 0 Å². The Balaban J connectivity index is 0. The molecule has 0 radical (unpaired) electrons. The van der Waals surface area contributed by atoms with Gasteiger partial charge in [-0.1, -0.05) is 41.5 Å². The molecule has 3 saturated heterocycles. The van der Waals surface area contributed by atoms with Gasteiger partial charge in [0.1, 0.15) is 0 Å². The molecule has 3 rings (SSSR count). The molecule has 0 atom stereocenters. The van der Waals surface area contributed by atoms with E-state index in [0.717, 1.165) is 70.5 Å². The summed E-state index contributed by atoms with van der Waals surface area (Å²) < 4.78 is 0. The molecule has 3 aliphatic rings. The Hall–Kier alpha value is -0.440. The number of hydrogen-bond acceptors (Lipinski definition) is 11. The topological polar surface area (TPSA) is 111 Å². The number of hydrogen-bond donors (Lipinski definition) is 7. The Kier molecular flexibility index (Phi) is 38.6. The molecule has 3 heterocycles. The fourth-order valence-electron chi connectivity index (χ4n) is 5.74. The average molecular weight is 702 g/mol. The van der Waals surface area contributed by atoms with Crippen LogP contribution in [0.25, 0.3) is 0 Å². The van der Waals surface area contributed by atoms with Crippen LogP contribution < -0.4 is 37.6 Å². The summed E-state index contributed by atoms with van der Waals surface area (Å²) in [7, 11) is 6.17. The zero-order chi connectivity index (χ0) is 37.1. The molecule has 11 nitrogen and oxygen atoms in total.